The first-order chi connectivity index (χ1) is 17.0. The summed E-state index contributed by atoms with van der Waals surface area (Å²) in [5.74, 6) is -1.91. The lowest BCUT2D eigenvalue weighted by molar-refractivity contribution is -0.147. The molecule has 1 aliphatic heterocycles. The molecule has 0 saturated carbocycles. The lowest BCUT2D eigenvalue weighted by atomic mass is 10.0. The van der Waals surface area contributed by atoms with Crippen LogP contribution in [-0.4, -0.2) is 61.8 Å². The van der Waals surface area contributed by atoms with E-state index in [2.05, 4.69) is 25.4 Å². The molecule has 1 fully saturated rings. The summed E-state index contributed by atoms with van der Waals surface area (Å²) < 4.78 is 59.2. The van der Waals surface area contributed by atoms with Crippen molar-refractivity contribution in [2.24, 2.45) is 7.05 Å². The van der Waals surface area contributed by atoms with Crippen LogP contribution in [-0.2, 0) is 18.0 Å². The number of amides is 1. The van der Waals surface area contributed by atoms with E-state index >= 15 is 0 Å². The summed E-state index contributed by atoms with van der Waals surface area (Å²) in [5.41, 5.74) is 1.06. The minimum atomic E-state index is -4.61. The summed E-state index contributed by atoms with van der Waals surface area (Å²) >= 11 is 0. The lowest BCUT2D eigenvalue weighted by Gasteiger charge is -2.22. The Hall–Kier alpha value is -3.77. The number of aryl methyl sites for hydroxylation is 2. The highest BCUT2D eigenvalue weighted by atomic mass is 19.4. The highest BCUT2D eigenvalue weighted by Crippen LogP contribution is 2.30. The van der Waals surface area contributed by atoms with Crippen molar-refractivity contribution in [3.63, 3.8) is 0 Å². The number of carbonyl (C=O) groups excluding carboxylic acids is 1. The fraction of sp³-hybridized carbons (Fsp3) is 0.435. The number of aromatic nitrogens is 5. The van der Waals surface area contributed by atoms with Gasteiger partial charge >= 0.3 is 6.18 Å². The molecule has 0 spiro atoms. The van der Waals surface area contributed by atoms with Crippen molar-refractivity contribution in [3.05, 3.63) is 47.3 Å². The standard InChI is InChI=1S/C23H25F4N7O2/c1-12(16-9-19(36-4)28-10-17(16)24)21(35)34-8-7-14(11-34)30-18-6-5-15(13(2)29-18)20-31-22(23(25,26)27)33(3)32-20/h5-6,9-10,12,14H,7-8,11H2,1-4H3,(H,29,30)/t12-,14+/m1/s1. The molecule has 192 valence electrons. The smallest absolute Gasteiger partial charge is 0.451 e. The summed E-state index contributed by atoms with van der Waals surface area (Å²) in [6, 6.07) is 4.57. The fourth-order valence-electron chi connectivity index (χ4n) is 4.19. The third kappa shape index (κ3) is 5.09. The zero-order valence-electron chi connectivity index (χ0n) is 20.1. The van der Waals surface area contributed by atoms with Crippen molar-refractivity contribution in [2.75, 3.05) is 25.5 Å². The molecule has 36 heavy (non-hydrogen) atoms. The van der Waals surface area contributed by atoms with Gasteiger partial charge in [-0.2, -0.15) is 18.3 Å². The molecular weight excluding hydrogens is 482 g/mol. The van der Waals surface area contributed by atoms with Gasteiger partial charge in [-0.15, -0.1) is 0 Å². The summed E-state index contributed by atoms with van der Waals surface area (Å²) in [7, 11) is 2.60. The van der Waals surface area contributed by atoms with E-state index in [1.807, 2.05) is 0 Å². The van der Waals surface area contributed by atoms with Gasteiger partial charge in [-0.25, -0.2) is 24.0 Å². The fourth-order valence-corrected chi connectivity index (χ4v) is 4.19. The monoisotopic (exact) mass is 507 g/mol. The largest absolute Gasteiger partial charge is 0.481 e. The summed E-state index contributed by atoms with van der Waals surface area (Å²) in [4.78, 5) is 26.5. The molecule has 1 saturated heterocycles. The Bertz CT molecular complexity index is 1280. The summed E-state index contributed by atoms with van der Waals surface area (Å²) in [5, 5.41) is 7.13. The van der Waals surface area contributed by atoms with Gasteiger partial charge in [-0.05, 0) is 32.4 Å². The van der Waals surface area contributed by atoms with Crippen molar-refractivity contribution in [1.82, 2.24) is 29.6 Å². The second kappa shape index (κ2) is 9.70. The predicted octanol–water partition coefficient (Wildman–Crippen LogP) is 3.56. The highest BCUT2D eigenvalue weighted by Gasteiger charge is 2.37. The molecule has 4 rings (SSSR count). The van der Waals surface area contributed by atoms with E-state index in [4.69, 9.17) is 4.74 Å². The van der Waals surface area contributed by atoms with Crippen LogP contribution in [0.4, 0.5) is 23.4 Å². The van der Waals surface area contributed by atoms with Gasteiger partial charge in [0, 0.05) is 43.4 Å². The van der Waals surface area contributed by atoms with Gasteiger partial charge in [0.2, 0.25) is 17.6 Å². The number of ether oxygens (including phenoxy) is 1. The molecule has 0 bridgehead atoms. The van der Waals surface area contributed by atoms with E-state index in [1.165, 1.54) is 20.2 Å². The first-order valence-corrected chi connectivity index (χ1v) is 11.2. The van der Waals surface area contributed by atoms with Crippen LogP contribution in [0.15, 0.2) is 24.4 Å². The van der Waals surface area contributed by atoms with Crippen LogP contribution >= 0.6 is 0 Å². The zero-order chi connectivity index (χ0) is 26.2. The topological polar surface area (TPSA) is 98.1 Å². The van der Waals surface area contributed by atoms with Crippen LogP contribution in [0.3, 0.4) is 0 Å². The number of halogens is 4. The van der Waals surface area contributed by atoms with Crippen molar-refractivity contribution in [3.8, 4) is 17.3 Å². The molecule has 1 aliphatic rings. The van der Waals surface area contributed by atoms with E-state index in [0.717, 1.165) is 6.20 Å². The van der Waals surface area contributed by atoms with Gasteiger partial charge in [0.25, 0.3) is 0 Å². The number of hydrogen-bond acceptors (Lipinski definition) is 7. The lowest BCUT2D eigenvalue weighted by Crippen LogP contribution is -2.34. The van der Waals surface area contributed by atoms with Gasteiger partial charge in [-0.1, -0.05) is 0 Å². The first kappa shape index (κ1) is 25.3. The molecule has 2 atom stereocenters. The third-order valence-electron chi connectivity index (χ3n) is 6.10. The Labute approximate surface area is 204 Å². The SMILES string of the molecule is COc1cc([C@@H](C)C(=O)N2CC[C@H](Nc3ccc(-c4nc(C(F)(F)F)n(C)n4)c(C)n3)C2)c(F)cn1. The van der Waals surface area contributed by atoms with E-state index in [0.29, 0.717) is 41.3 Å². The van der Waals surface area contributed by atoms with Crippen LogP contribution < -0.4 is 10.1 Å². The first-order valence-electron chi connectivity index (χ1n) is 11.2. The van der Waals surface area contributed by atoms with Crippen LogP contribution in [0, 0.1) is 12.7 Å². The molecule has 9 nitrogen and oxygen atoms in total. The number of methoxy groups -OCH3 is 1. The Kier molecular flexibility index (Phi) is 6.83. The summed E-state index contributed by atoms with van der Waals surface area (Å²) in [6.45, 7) is 4.18. The Morgan fingerprint density at radius 3 is 2.67 bits per heavy atom. The quantitative estimate of drug-likeness (QED) is 0.510. The van der Waals surface area contributed by atoms with Crippen LogP contribution in [0.25, 0.3) is 11.4 Å². The highest BCUT2D eigenvalue weighted by molar-refractivity contribution is 5.83. The van der Waals surface area contributed by atoms with Gasteiger partial charge in [0.05, 0.1) is 24.9 Å². The third-order valence-corrected chi connectivity index (χ3v) is 6.10. The molecule has 13 heteroatoms. The summed E-state index contributed by atoms with van der Waals surface area (Å²) in [6.07, 6.45) is -2.92. The van der Waals surface area contributed by atoms with Crippen molar-refractivity contribution >= 4 is 11.7 Å². The second-order valence-corrected chi connectivity index (χ2v) is 8.59. The number of rotatable bonds is 6. The molecule has 1 N–H and O–H groups in total. The molecule has 4 heterocycles. The molecule has 1 amide bonds. The Morgan fingerprint density at radius 1 is 1.28 bits per heavy atom. The van der Waals surface area contributed by atoms with Crippen molar-refractivity contribution < 1.29 is 27.1 Å². The Morgan fingerprint density at radius 2 is 2.03 bits per heavy atom. The number of alkyl halides is 3. The number of likely N-dealkylation sites (tertiary alicyclic amines) is 1. The van der Waals surface area contributed by atoms with Gasteiger partial charge in [-0.3, -0.25) is 4.79 Å². The van der Waals surface area contributed by atoms with E-state index in [-0.39, 0.29) is 29.2 Å². The normalized spacial score (nSPS) is 16.8. The average Bonchev–Trinajstić information content (AvgIpc) is 3.45. The maximum absolute atomic E-state index is 14.3. The number of hydrogen-bond donors (Lipinski definition) is 1. The minimum absolute atomic E-state index is 0.0621. The van der Waals surface area contributed by atoms with Crippen molar-refractivity contribution in [2.45, 2.75) is 38.4 Å². The van der Waals surface area contributed by atoms with Gasteiger partial charge in [0.1, 0.15) is 11.6 Å². The van der Waals surface area contributed by atoms with Crippen molar-refractivity contribution in [1.29, 1.82) is 0 Å². The Balaban J connectivity index is 1.42. The molecular formula is C23H25F4N7O2. The molecule has 0 unspecified atom stereocenters. The molecule has 0 aromatic carbocycles. The molecule has 3 aromatic heterocycles. The maximum atomic E-state index is 14.3. The molecule has 3 aromatic rings. The number of nitrogens with one attached hydrogen (secondary N) is 1. The van der Waals surface area contributed by atoms with Gasteiger partial charge in [0.15, 0.2) is 5.82 Å². The number of carbonyl (C=O) groups is 1. The van der Waals surface area contributed by atoms with Gasteiger partial charge < -0.3 is 15.0 Å². The second-order valence-electron chi connectivity index (χ2n) is 8.59. The predicted molar refractivity (Wildman–Crippen MR) is 122 cm³/mol. The van der Waals surface area contributed by atoms with Crippen LogP contribution in [0.2, 0.25) is 0 Å². The number of pyridine rings is 2. The maximum Gasteiger partial charge on any atom is 0.451 e. The van der Waals surface area contributed by atoms with E-state index in [1.54, 1.807) is 30.9 Å². The molecule has 0 aliphatic carbocycles. The van der Waals surface area contributed by atoms with E-state index in [9.17, 15) is 22.4 Å². The average molecular weight is 507 g/mol. The minimum Gasteiger partial charge on any atom is -0.481 e. The molecule has 0 radical (unpaired) electrons. The van der Waals surface area contributed by atoms with Crippen LogP contribution in [0.5, 0.6) is 5.88 Å². The number of nitrogens with zero attached hydrogens (tertiary/aromatic N) is 6. The zero-order valence-corrected chi connectivity index (χ0v) is 20.1. The van der Waals surface area contributed by atoms with E-state index < -0.39 is 23.7 Å². The van der Waals surface area contributed by atoms with Crippen LogP contribution in [0.1, 0.15) is 36.3 Å². The number of anilines is 1.